The molecule has 0 radical (unpaired) electrons. The molecule has 0 spiro atoms. The van der Waals surface area contributed by atoms with E-state index in [1.54, 1.807) is 6.08 Å². The van der Waals surface area contributed by atoms with E-state index in [4.69, 9.17) is 0 Å². The first-order valence-corrected chi connectivity index (χ1v) is 7.00. The molecule has 1 N–H and O–H groups in total. The van der Waals surface area contributed by atoms with Gasteiger partial charge in [0.05, 0.1) is 6.54 Å². The molecule has 0 unspecified atom stereocenters. The minimum absolute atomic E-state index is 0.0853. The number of hydrogen-bond acceptors (Lipinski definition) is 3. The normalized spacial score (nSPS) is 20.0. The van der Waals surface area contributed by atoms with Crippen LogP contribution in [-0.2, 0) is 9.59 Å². The third-order valence-corrected chi connectivity index (χ3v) is 3.41. The van der Waals surface area contributed by atoms with Crippen molar-refractivity contribution in [3.63, 3.8) is 0 Å². The van der Waals surface area contributed by atoms with Crippen molar-refractivity contribution in [3.05, 3.63) is 11.6 Å². The summed E-state index contributed by atoms with van der Waals surface area (Å²) in [7, 11) is 0. The summed E-state index contributed by atoms with van der Waals surface area (Å²) in [6.07, 6.45) is 3.92. The van der Waals surface area contributed by atoms with Crippen LogP contribution in [-0.4, -0.2) is 60.4 Å². The maximum atomic E-state index is 11.8. The predicted octanol–water partition coefficient (Wildman–Crippen LogP) is 0.375. The smallest absolute Gasteiger partial charge is 0.246 e. The molecule has 5 heteroatoms. The maximum Gasteiger partial charge on any atom is 0.246 e. The molecule has 2 fully saturated rings. The molecular formula is C14H23N3O2. The Labute approximate surface area is 114 Å². The van der Waals surface area contributed by atoms with Crippen molar-refractivity contribution < 1.29 is 9.59 Å². The summed E-state index contributed by atoms with van der Waals surface area (Å²) in [5.74, 6) is 0.202. The monoisotopic (exact) mass is 265 g/mol. The first-order valence-electron chi connectivity index (χ1n) is 7.00. The number of nitrogens with one attached hydrogen (secondary N) is 1. The molecule has 2 rings (SSSR count). The number of carbonyl (C=O) groups is 2. The summed E-state index contributed by atoms with van der Waals surface area (Å²) in [6, 6.07) is 0.424. The number of carbonyl (C=O) groups excluding carboxylic acids is 2. The Morgan fingerprint density at radius 1 is 1.16 bits per heavy atom. The molecule has 0 aromatic rings. The molecule has 0 aromatic carbocycles. The van der Waals surface area contributed by atoms with Gasteiger partial charge < -0.3 is 10.2 Å². The van der Waals surface area contributed by atoms with Crippen LogP contribution in [0.5, 0.6) is 0 Å². The first-order chi connectivity index (χ1) is 9.04. The summed E-state index contributed by atoms with van der Waals surface area (Å²) >= 11 is 0. The highest BCUT2D eigenvalue weighted by Gasteiger charge is 2.25. The molecule has 5 nitrogen and oxygen atoms in total. The SMILES string of the molecule is CC(C)=CC(=O)N1CCN(CC(=O)NC2CC2)CC1. The number of piperazine rings is 1. The van der Waals surface area contributed by atoms with E-state index in [1.165, 1.54) is 0 Å². The zero-order chi connectivity index (χ0) is 13.8. The van der Waals surface area contributed by atoms with E-state index >= 15 is 0 Å². The first kappa shape index (κ1) is 14.1. The van der Waals surface area contributed by atoms with Gasteiger partial charge >= 0.3 is 0 Å². The highest BCUT2D eigenvalue weighted by atomic mass is 16.2. The van der Waals surface area contributed by atoms with Crippen molar-refractivity contribution >= 4 is 11.8 Å². The average Bonchev–Trinajstić information content (AvgIpc) is 3.12. The third-order valence-electron chi connectivity index (χ3n) is 3.41. The summed E-state index contributed by atoms with van der Waals surface area (Å²) in [4.78, 5) is 27.5. The minimum atomic E-state index is 0.0853. The van der Waals surface area contributed by atoms with Gasteiger partial charge in [0.15, 0.2) is 0 Å². The van der Waals surface area contributed by atoms with Gasteiger partial charge in [-0.2, -0.15) is 0 Å². The number of rotatable bonds is 4. The van der Waals surface area contributed by atoms with Crippen molar-refractivity contribution in [2.45, 2.75) is 32.7 Å². The molecule has 1 aliphatic heterocycles. The van der Waals surface area contributed by atoms with Crippen LogP contribution in [0.3, 0.4) is 0 Å². The zero-order valence-electron chi connectivity index (χ0n) is 11.8. The molecule has 1 saturated carbocycles. The Bertz CT molecular complexity index is 376. The van der Waals surface area contributed by atoms with Crippen LogP contribution in [0.4, 0.5) is 0 Å². The second kappa shape index (κ2) is 6.19. The zero-order valence-corrected chi connectivity index (χ0v) is 11.8. The van der Waals surface area contributed by atoms with Crippen LogP contribution in [0.15, 0.2) is 11.6 Å². The highest BCUT2D eigenvalue weighted by Crippen LogP contribution is 2.18. The van der Waals surface area contributed by atoms with Crippen LogP contribution >= 0.6 is 0 Å². The van der Waals surface area contributed by atoms with Gasteiger partial charge in [-0.1, -0.05) is 5.57 Å². The second-order valence-electron chi connectivity index (χ2n) is 5.66. The van der Waals surface area contributed by atoms with Crippen LogP contribution < -0.4 is 5.32 Å². The van der Waals surface area contributed by atoms with Gasteiger partial charge in [0.2, 0.25) is 11.8 Å². The average molecular weight is 265 g/mol. The summed E-state index contributed by atoms with van der Waals surface area (Å²) in [5, 5.41) is 2.99. The second-order valence-corrected chi connectivity index (χ2v) is 5.66. The van der Waals surface area contributed by atoms with E-state index < -0.39 is 0 Å². The van der Waals surface area contributed by atoms with Crippen molar-refractivity contribution in [2.75, 3.05) is 32.7 Å². The van der Waals surface area contributed by atoms with Gasteiger partial charge in [-0.05, 0) is 26.7 Å². The highest BCUT2D eigenvalue weighted by molar-refractivity contribution is 5.88. The number of allylic oxidation sites excluding steroid dienone is 1. The van der Waals surface area contributed by atoms with Crippen LogP contribution in [0.1, 0.15) is 26.7 Å². The van der Waals surface area contributed by atoms with E-state index in [0.29, 0.717) is 25.7 Å². The topological polar surface area (TPSA) is 52.7 Å². The molecule has 19 heavy (non-hydrogen) atoms. The van der Waals surface area contributed by atoms with Crippen molar-refractivity contribution in [1.82, 2.24) is 15.1 Å². The molecule has 1 heterocycles. The summed E-state index contributed by atoms with van der Waals surface area (Å²) in [6.45, 7) is 7.29. The molecular weight excluding hydrogens is 242 g/mol. The molecule has 2 amide bonds. The van der Waals surface area contributed by atoms with Gasteiger partial charge in [0.1, 0.15) is 0 Å². The molecule has 0 bridgehead atoms. The lowest BCUT2D eigenvalue weighted by atomic mass is 10.2. The lowest BCUT2D eigenvalue weighted by Crippen LogP contribution is -2.51. The van der Waals surface area contributed by atoms with E-state index in [-0.39, 0.29) is 11.8 Å². The molecule has 106 valence electrons. The van der Waals surface area contributed by atoms with Gasteiger partial charge in [-0.25, -0.2) is 0 Å². The molecule has 1 saturated heterocycles. The van der Waals surface area contributed by atoms with Crippen LogP contribution in [0.25, 0.3) is 0 Å². The Morgan fingerprint density at radius 3 is 2.32 bits per heavy atom. The van der Waals surface area contributed by atoms with Crippen molar-refractivity contribution in [3.8, 4) is 0 Å². The summed E-state index contributed by atoms with van der Waals surface area (Å²) in [5.41, 5.74) is 1.02. The quantitative estimate of drug-likeness (QED) is 0.748. The fourth-order valence-corrected chi connectivity index (χ4v) is 2.17. The molecule has 0 atom stereocenters. The lowest BCUT2D eigenvalue weighted by molar-refractivity contribution is -0.128. The fraction of sp³-hybridized carbons (Fsp3) is 0.714. The van der Waals surface area contributed by atoms with E-state index in [2.05, 4.69) is 10.2 Å². The summed E-state index contributed by atoms with van der Waals surface area (Å²) < 4.78 is 0. The molecule has 2 aliphatic rings. The fourth-order valence-electron chi connectivity index (χ4n) is 2.17. The Balaban J connectivity index is 1.71. The van der Waals surface area contributed by atoms with Crippen molar-refractivity contribution in [2.24, 2.45) is 0 Å². The van der Waals surface area contributed by atoms with Gasteiger partial charge in [-0.15, -0.1) is 0 Å². The van der Waals surface area contributed by atoms with Crippen LogP contribution in [0.2, 0.25) is 0 Å². The minimum Gasteiger partial charge on any atom is -0.352 e. The molecule has 1 aliphatic carbocycles. The standard InChI is InChI=1S/C14H23N3O2/c1-11(2)9-14(19)17-7-5-16(6-8-17)10-13(18)15-12-3-4-12/h9,12H,3-8,10H2,1-2H3,(H,15,18). The van der Waals surface area contributed by atoms with Crippen molar-refractivity contribution in [1.29, 1.82) is 0 Å². The van der Waals surface area contributed by atoms with Gasteiger partial charge in [0, 0.05) is 38.3 Å². The number of amides is 2. The van der Waals surface area contributed by atoms with Crippen LogP contribution in [0, 0.1) is 0 Å². The Kier molecular flexibility index (Phi) is 4.58. The largest absolute Gasteiger partial charge is 0.352 e. The van der Waals surface area contributed by atoms with E-state index in [9.17, 15) is 9.59 Å². The van der Waals surface area contributed by atoms with E-state index in [1.807, 2.05) is 18.7 Å². The van der Waals surface area contributed by atoms with E-state index in [0.717, 1.165) is 31.5 Å². The Morgan fingerprint density at radius 2 is 1.79 bits per heavy atom. The van der Waals surface area contributed by atoms with Gasteiger partial charge in [-0.3, -0.25) is 14.5 Å². The Hall–Kier alpha value is -1.36. The predicted molar refractivity (Wildman–Crippen MR) is 73.6 cm³/mol. The number of nitrogens with zero attached hydrogens (tertiary/aromatic N) is 2. The number of hydrogen-bond donors (Lipinski definition) is 1. The third kappa shape index (κ3) is 4.67. The molecule has 0 aromatic heterocycles. The van der Waals surface area contributed by atoms with Gasteiger partial charge in [0.25, 0.3) is 0 Å². The maximum absolute atomic E-state index is 11.8. The lowest BCUT2D eigenvalue weighted by Gasteiger charge is -2.33.